The molecule has 1 aromatic heterocycles. The van der Waals surface area contributed by atoms with Crippen molar-refractivity contribution in [3.63, 3.8) is 0 Å². The van der Waals surface area contributed by atoms with Crippen molar-refractivity contribution in [2.24, 2.45) is 10.9 Å². The predicted molar refractivity (Wildman–Crippen MR) is 72.5 cm³/mol. The van der Waals surface area contributed by atoms with Crippen LogP contribution in [0.15, 0.2) is 17.3 Å². The molecule has 0 atom stereocenters. The standard InChI is InChI=1S/C13H22N4O/c1-5-17(4,6-2)9-11-7-10(3)8-12(15-11)13(14)16-18/h7-8H,5-6,9H2,1-4H3,(H2-,14,16,18)/p+1. The Morgan fingerprint density at radius 3 is 2.50 bits per heavy atom. The summed E-state index contributed by atoms with van der Waals surface area (Å²) in [6.07, 6.45) is 0. The fourth-order valence-corrected chi connectivity index (χ4v) is 1.84. The van der Waals surface area contributed by atoms with E-state index in [4.69, 9.17) is 10.9 Å². The molecule has 0 aromatic carbocycles. The van der Waals surface area contributed by atoms with Crippen molar-refractivity contribution in [2.75, 3.05) is 20.1 Å². The van der Waals surface area contributed by atoms with Crippen molar-refractivity contribution in [1.29, 1.82) is 0 Å². The lowest BCUT2D eigenvalue weighted by Gasteiger charge is -2.31. The van der Waals surface area contributed by atoms with Crippen LogP contribution in [0.3, 0.4) is 0 Å². The highest BCUT2D eigenvalue weighted by atomic mass is 16.4. The van der Waals surface area contributed by atoms with Gasteiger partial charge in [0.2, 0.25) is 0 Å². The second kappa shape index (κ2) is 5.82. The minimum absolute atomic E-state index is 0.0575. The highest BCUT2D eigenvalue weighted by molar-refractivity contribution is 5.95. The highest BCUT2D eigenvalue weighted by Gasteiger charge is 2.18. The van der Waals surface area contributed by atoms with Gasteiger partial charge in [-0.3, -0.25) is 0 Å². The molecule has 0 saturated heterocycles. The third-order valence-corrected chi connectivity index (χ3v) is 3.46. The van der Waals surface area contributed by atoms with E-state index in [0.29, 0.717) is 5.69 Å². The lowest BCUT2D eigenvalue weighted by atomic mass is 10.2. The Morgan fingerprint density at radius 2 is 2.00 bits per heavy atom. The van der Waals surface area contributed by atoms with E-state index in [1.807, 2.05) is 13.0 Å². The number of oxime groups is 1. The quantitative estimate of drug-likeness (QED) is 0.274. The van der Waals surface area contributed by atoms with Crippen LogP contribution in [0.2, 0.25) is 0 Å². The van der Waals surface area contributed by atoms with Gasteiger partial charge in [0.05, 0.1) is 25.8 Å². The summed E-state index contributed by atoms with van der Waals surface area (Å²) < 4.78 is 0.923. The van der Waals surface area contributed by atoms with Crippen molar-refractivity contribution in [3.8, 4) is 0 Å². The molecule has 1 aromatic rings. The molecule has 0 spiro atoms. The summed E-state index contributed by atoms with van der Waals surface area (Å²) in [5.74, 6) is 0.0575. The number of amidine groups is 1. The number of aromatic nitrogens is 1. The predicted octanol–water partition coefficient (Wildman–Crippen LogP) is 1.47. The summed E-state index contributed by atoms with van der Waals surface area (Å²) in [4.78, 5) is 4.45. The maximum Gasteiger partial charge on any atom is 0.188 e. The van der Waals surface area contributed by atoms with Crippen molar-refractivity contribution in [1.82, 2.24) is 4.98 Å². The molecule has 0 unspecified atom stereocenters. The molecule has 3 N–H and O–H groups in total. The van der Waals surface area contributed by atoms with Gasteiger partial charge in [0.1, 0.15) is 12.2 Å². The molecule has 0 aliphatic carbocycles. The summed E-state index contributed by atoms with van der Waals surface area (Å²) >= 11 is 0. The molecule has 18 heavy (non-hydrogen) atoms. The van der Waals surface area contributed by atoms with Gasteiger partial charge in [-0.1, -0.05) is 5.16 Å². The molecule has 5 nitrogen and oxygen atoms in total. The average molecular weight is 251 g/mol. The zero-order chi connectivity index (χ0) is 13.8. The fraction of sp³-hybridized carbons (Fsp3) is 0.538. The van der Waals surface area contributed by atoms with Crippen LogP contribution in [-0.4, -0.2) is 40.6 Å². The van der Waals surface area contributed by atoms with Crippen LogP contribution in [0.5, 0.6) is 0 Å². The van der Waals surface area contributed by atoms with Crippen molar-refractivity contribution in [3.05, 3.63) is 29.1 Å². The number of nitrogens with two attached hydrogens (primary N) is 1. The maximum absolute atomic E-state index is 8.71. The summed E-state index contributed by atoms with van der Waals surface area (Å²) in [7, 11) is 2.20. The highest BCUT2D eigenvalue weighted by Crippen LogP contribution is 2.12. The first-order valence-corrected chi connectivity index (χ1v) is 6.23. The van der Waals surface area contributed by atoms with Crippen LogP contribution in [0, 0.1) is 6.92 Å². The van der Waals surface area contributed by atoms with Crippen LogP contribution < -0.4 is 5.73 Å². The maximum atomic E-state index is 8.71. The molecule has 0 bridgehead atoms. The van der Waals surface area contributed by atoms with Gasteiger partial charge >= 0.3 is 0 Å². The first-order chi connectivity index (χ1) is 8.44. The number of hydrogen-bond acceptors (Lipinski definition) is 3. The fourth-order valence-electron chi connectivity index (χ4n) is 1.84. The smallest absolute Gasteiger partial charge is 0.188 e. The summed E-state index contributed by atoms with van der Waals surface area (Å²) in [6.45, 7) is 9.27. The van der Waals surface area contributed by atoms with E-state index in [1.54, 1.807) is 0 Å². The summed E-state index contributed by atoms with van der Waals surface area (Å²) in [6, 6.07) is 3.87. The van der Waals surface area contributed by atoms with E-state index >= 15 is 0 Å². The molecule has 0 amide bonds. The normalized spacial score (nSPS) is 12.8. The first kappa shape index (κ1) is 14.4. The summed E-state index contributed by atoms with van der Waals surface area (Å²) in [5, 5.41) is 11.7. The number of pyridine rings is 1. The minimum atomic E-state index is 0.0575. The van der Waals surface area contributed by atoms with Gasteiger partial charge in [0.25, 0.3) is 0 Å². The zero-order valence-electron chi connectivity index (χ0n) is 11.6. The summed E-state index contributed by atoms with van der Waals surface area (Å²) in [5.41, 5.74) is 8.17. The van der Waals surface area contributed by atoms with E-state index in [-0.39, 0.29) is 5.84 Å². The number of hydrogen-bond donors (Lipinski definition) is 2. The van der Waals surface area contributed by atoms with Gasteiger partial charge in [-0.2, -0.15) is 0 Å². The Kier molecular flexibility index (Phi) is 4.67. The molecule has 0 aliphatic heterocycles. The molecule has 1 heterocycles. The van der Waals surface area contributed by atoms with Crippen LogP contribution in [0.1, 0.15) is 30.8 Å². The zero-order valence-corrected chi connectivity index (χ0v) is 11.6. The number of quaternary nitrogens is 1. The van der Waals surface area contributed by atoms with E-state index < -0.39 is 0 Å². The van der Waals surface area contributed by atoms with Gasteiger partial charge < -0.3 is 15.4 Å². The average Bonchev–Trinajstić information content (AvgIpc) is 2.36. The Bertz CT molecular complexity index is 439. The topological polar surface area (TPSA) is 71.5 Å². The van der Waals surface area contributed by atoms with E-state index in [2.05, 4.69) is 37.1 Å². The monoisotopic (exact) mass is 251 g/mol. The largest absolute Gasteiger partial charge is 0.409 e. The SMILES string of the molecule is CC[N+](C)(CC)Cc1cc(C)cc(C(N)=NO)n1. The molecular formula is C13H23N4O+. The number of aryl methyl sites for hydroxylation is 1. The molecule has 0 aliphatic rings. The number of rotatable bonds is 5. The van der Waals surface area contributed by atoms with Gasteiger partial charge in [-0.15, -0.1) is 0 Å². The second-order valence-electron chi connectivity index (χ2n) is 4.92. The lowest BCUT2D eigenvalue weighted by molar-refractivity contribution is -0.919. The molecule has 100 valence electrons. The van der Waals surface area contributed by atoms with Gasteiger partial charge in [-0.25, -0.2) is 4.98 Å². The van der Waals surface area contributed by atoms with Crippen LogP contribution >= 0.6 is 0 Å². The third kappa shape index (κ3) is 3.43. The molecule has 0 saturated carbocycles. The molecular weight excluding hydrogens is 228 g/mol. The second-order valence-corrected chi connectivity index (χ2v) is 4.92. The van der Waals surface area contributed by atoms with E-state index in [1.165, 1.54) is 0 Å². The van der Waals surface area contributed by atoms with Crippen LogP contribution in [0.4, 0.5) is 0 Å². The van der Waals surface area contributed by atoms with E-state index in [9.17, 15) is 0 Å². The molecule has 0 radical (unpaired) electrons. The Hall–Kier alpha value is -1.62. The van der Waals surface area contributed by atoms with Gasteiger partial charge in [0.15, 0.2) is 5.84 Å². The van der Waals surface area contributed by atoms with Gasteiger partial charge in [-0.05, 0) is 38.5 Å². The van der Waals surface area contributed by atoms with Crippen molar-refractivity contribution < 1.29 is 9.69 Å². The lowest BCUT2D eigenvalue weighted by Crippen LogP contribution is -2.43. The third-order valence-electron chi connectivity index (χ3n) is 3.46. The first-order valence-electron chi connectivity index (χ1n) is 6.23. The Balaban J connectivity index is 3.07. The Labute approximate surface area is 109 Å². The van der Waals surface area contributed by atoms with Crippen LogP contribution in [-0.2, 0) is 6.54 Å². The van der Waals surface area contributed by atoms with E-state index in [0.717, 1.165) is 35.4 Å². The van der Waals surface area contributed by atoms with Crippen molar-refractivity contribution >= 4 is 5.84 Å². The Morgan fingerprint density at radius 1 is 1.39 bits per heavy atom. The minimum Gasteiger partial charge on any atom is -0.409 e. The number of nitrogens with zero attached hydrogens (tertiary/aromatic N) is 3. The molecule has 1 rings (SSSR count). The van der Waals surface area contributed by atoms with Crippen LogP contribution in [0.25, 0.3) is 0 Å². The van der Waals surface area contributed by atoms with Gasteiger partial charge in [0, 0.05) is 0 Å². The van der Waals surface area contributed by atoms with Crippen molar-refractivity contribution in [2.45, 2.75) is 27.3 Å². The molecule has 5 heteroatoms. The molecule has 0 fully saturated rings.